The number of hydrogen-bond donors (Lipinski definition) is 2. The van der Waals surface area contributed by atoms with Crippen LogP contribution in [-0.4, -0.2) is 28.3 Å². The van der Waals surface area contributed by atoms with Crippen LogP contribution in [0.3, 0.4) is 0 Å². The van der Waals surface area contributed by atoms with Gasteiger partial charge in [0.15, 0.2) is 0 Å². The minimum atomic E-state index is -0.254. The molecule has 7 heteroatoms. The molecule has 3 rings (SSSR count). The van der Waals surface area contributed by atoms with E-state index < -0.39 is 0 Å². The van der Waals surface area contributed by atoms with Crippen molar-refractivity contribution in [2.75, 3.05) is 17.7 Å². The highest BCUT2D eigenvalue weighted by Gasteiger charge is 2.18. The van der Waals surface area contributed by atoms with Gasteiger partial charge < -0.3 is 15.0 Å². The molecule has 0 amide bonds. The fraction of sp³-hybridized carbons (Fsp3) is 0.222. The number of H-pyrrole nitrogens is 1. The van der Waals surface area contributed by atoms with Crippen molar-refractivity contribution in [1.82, 2.24) is 9.97 Å². The third-order valence-electron chi connectivity index (χ3n) is 3.52. The summed E-state index contributed by atoms with van der Waals surface area (Å²) in [5.74, 6) is 0.593. The molecule has 3 aromatic rings. The monoisotopic (exact) mass is 375 g/mol. The number of ether oxygens (including phenoxy) is 1. The molecule has 1 heterocycles. The highest BCUT2D eigenvalue weighted by atomic mass is 35.5. The summed E-state index contributed by atoms with van der Waals surface area (Å²) >= 11 is 7.75. The van der Waals surface area contributed by atoms with E-state index in [0.717, 1.165) is 16.6 Å². The van der Waals surface area contributed by atoms with Crippen LogP contribution in [0.5, 0.6) is 0 Å². The van der Waals surface area contributed by atoms with Gasteiger partial charge in [0.05, 0.1) is 23.4 Å². The molecule has 1 unspecified atom stereocenters. The lowest BCUT2D eigenvalue weighted by molar-refractivity contribution is -0.139. The number of para-hydroxylation sites is 2. The zero-order valence-electron chi connectivity index (χ0n) is 13.7. The molecule has 0 bridgehead atoms. The number of benzene rings is 2. The predicted molar refractivity (Wildman–Crippen MR) is 103 cm³/mol. The number of nitrogens with zero attached hydrogens (tertiary/aromatic N) is 1. The normalized spacial score (nSPS) is 12.1. The number of imidazole rings is 1. The Hall–Kier alpha value is -2.18. The molecule has 2 N–H and O–H groups in total. The van der Waals surface area contributed by atoms with Gasteiger partial charge >= 0.3 is 5.97 Å². The van der Waals surface area contributed by atoms with Gasteiger partial charge in [-0.2, -0.15) is 0 Å². The molecule has 5 nitrogen and oxygen atoms in total. The Morgan fingerprint density at radius 3 is 2.80 bits per heavy atom. The van der Waals surface area contributed by atoms with Gasteiger partial charge in [-0.05, 0) is 25.1 Å². The second-order valence-electron chi connectivity index (χ2n) is 5.26. The van der Waals surface area contributed by atoms with E-state index in [1.54, 1.807) is 6.92 Å². The number of anilines is 1. The molecule has 0 aliphatic carbocycles. The first-order chi connectivity index (χ1) is 12.2. The van der Waals surface area contributed by atoms with E-state index in [9.17, 15) is 4.79 Å². The topological polar surface area (TPSA) is 67.0 Å². The van der Waals surface area contributed by atoms with Crippen molar-refractivity contribution in [3.05, 3.63) is 59.1 Å². The van der Waals surface area contributed by atoms with Crippen LogP contribution >= 0.6 is 23.4 Å². The van der Waals surface area contributed by atoms with Gasteiger partial charge in [0.25, 0.3) is 0 Å². The highest BCUT2D eigenvalue weighted by molar-refractivity contribution is 8.00. The van der Waals surface area contributed by atoms with Crippen LogP contribution in [0.15, 0.2) is 48.5 Å². The Morgan fingerprint density at radius 1 is 1.28 bits per heavy atom. The maximum atomic E-state index is 11.7. The van der Waals surface area contributed by atoms with Gasteiger partial charge in [-0.1, -0.05) is 41.9 Å². The second kappa shape index (κ2) is 8.27. The van der Waals surface area contributed by atoms with E-state index in [0.29, 0.717) is 17.6 Å². The summed E-state index contributed by atoms with van der Waals surface area (Å²) in [5.41, 5.74) is 2.70. The zero-order chi connectivity index (χ0) is 17.6. The van der Waals surface area contributed by atoms with Gasteiger partial charge in [0.2, 0.25) is 5.95 Å². The Bertz CT molecular complexity index is 835. The van der Waals surface area contributed by atoms with Crippen molar-refractivity contribution in [1.29, 1.82) is 0 Å². The Labute approximate surface area is 155 Å². The number of esters is 1. The molecular weight excluding hydrogens is 358 g/mol. The molecule has 0 aliphatic rings. The summed E-state index contributed by atoms with van der Waals surface area (Å²) in [6.07, 6.45) is 0. The van der Waals surface area contributed by atoms with Gasteiger partial charge in [0.1, 0.15) is 5.37 Å². The van der Waals surface area contributed by atoms with E-state index in [2.05, 4.69) is 15.3 Å². The fourth-order valence-electron chi connectivity index (χ4n) is 2.40. The van der Waals surface area contributed by atoms with Crippen molar-refractivity contribution in [3.8, 4) is 0 Å². The number of hydrogen-bond acceptors (Lipinski definition) is 5. The Morgan fingerprint density at radius 2 is 2.04 bits per heavy atom. The number of carbonyl (C=O) groups excluding carboxylic acids is 1. The van der Waals surface area contributed by atoms with Crippen LogP contribution in [0.2, 0.25) is 5.02 Å². The van der Waals surface area contributed by atoms with E-state index in [4.69, 9.17) is 16.3 Å². The molecule has 0 aliphatic heterocycles. The Kier molecular flexibility index (Phi) is 5.83. The molecule has 25 heavy (non-hydrogen) atoms. The first kappa shape index (κ1) is 17.6. The lowest BCUT2D eigenvalue weighted by Crippen LogP contribution is -2.14. The van der Waals surface area contributed by atoms with E-state index in [-0.39, 0.29) is 17.1 Å². The molecule has 2 aromatic carbocycles. The largest absolute Gasteiger partial charge is 0.465 e. The minimum absolute atomic E-state index is 0.219. The summed E-state index contributed by atoms with van der Waals surface area (Å²) < 4.78 is 5.01. The van der Waals surface area contributed by atoms with Crippen LogP contribution in [0.25, 0.3) is 11.0 Å². The molecule has 1 atom stereocenters. The Balaban J connectivity index is 1.82. The summed E-state index contributed by atoms with van der Waals surface area (Å²) in [7, 11) is 0. The molecule has 0 radical (unpaired) electrons. The molecule has 0 saturated carbocycles. The maximum Gasteiger partial charge on any atom is 0.315 e. The fourth-order valence-corrected chi connectivity index (χ4v) is 3.67. The minimum Gasteiger partial charge on any atom is -0.465 e. The number of rotatable bonds is 7. The van der Waals surface area contributed by atoms with Gasteiger partial charge in [-0.15, -0.1) is 11.8 Å². The third kappa shape index (κ3) is 4.46. The molecule has 0 fully saturated rings. The van der Waals surface area contributed by atoms with E-state index >= 15 is 0 Å². The lowest BCUT2D eigenvalue weighted by Gasteiger charge is -2.19. The summed E-state index contributed by atoms with van der Waals surface area (Å²) in [5, 5.41) is 3.72. The van der Waals surface area contributed by atoms with Crippen LogP contribution in [-0.2, 0) is 9.53 Å². The maximum absolute atomic E-state index is 11.7. The number of halogens is 1. The molecule has 1 aromatic heterocycles. The zero-order valence-corrected chi connectivity index (χ0v) is 15.2. The predicted octanol–water partition coefficient (Wildman–Crippen LogP) is 4.62. The number of aromatic amines is 1. The lowest BCUT2D eigenvalue weighted by atomic mass is 10.2. The summed E-state index contributed by atoms with van der Waals surface area (Å²) in [6.45, 7) is 2.16. The number of aromatic nitrogens is 2. The van der Waals surface area contributed by atoms with Crippen molar-refractivity contribution < 1.29 is 9.53 Å². The first-order valence-corrected chi connectivity index (χ1v) is 9.33. The van der Waals surface area contributed by atoms with Crippen molar-refractivity contribution in [2.45, 2.75) is 12.3 Å². The van der Waals surface area contributed by atoms with E-state index in [1.165, 1.54) is 11.8 Å². The number of carbonyl (C=O) groups is 1. The first-order valence-electron chi connectivity index (χ1n) is 7.90. The molecular formula is C18H18ClN3O2S. The molecule has 130 valence electrons. The van der Waals surface area contributed by atoms with Crippen molar-refractivity contribution >= 4 is 46.3 Å². The average Bonchev–Trinajstić information content (AvgIpc) is 3.02. The van der Waals surface area contributed by atoms with Crippen LogP contribution in [0.4, 0.5) is 5.95 Å². The second-order valence-corrected chi connectivity index (χ2v) is 6.77. The standard InChI is InChI=1S/C18H18ClN3O2S/c1-2-24-16(23)11-25-17(12-7-3-4-8-13(12)19)22-18-20-14-9-5-6-10-15(14)21-18/h3-10,17H,2,11H2,1H3,(H2,20,21,22). The summed E-state index contributed by atoms with van der Waals surface area (Å²) in [6, 6.07) is 15.3. The smallest absolute Gasteiger partial charge is 0.315 e. The van der Waals surface area contributed by atoms with Gasteiger partial charge in [-0.25, -0.2) is 4.98 Å². The van der Waals surface area contributed by atoms with Crippen LogP contribution < -0.4 is 5.32 Å². The highest BCUT2D eigenvalue weighted by Crippen LogP contribution is 2.34. The van der Waals surface area contributed by atoms with E-state index in [1.807, 2.05) is 48.5 Å². The quantitative estimate of drug-likeness (QED) is 0.465. The summed E-state index contributed by atoms with van der Waals surface area (Å²) in [4.78, 5) is 19.5. The number of fused-ring (bicyclic) bond motifs is 1. The third-order valence-corrected chi connectivity index (χ3v) is 4.97. The SMILES string of the molecule is CCOC(=O)CSC(Nc1nc2ccccc2[nH]1)c1ccccc1Cl. The van der Waals surface area contributed by atoms with Crippen molar-refractivity contribution in [2.24, 2.45) is 0 Å². The van der Waals surface area contributed by atoms with Crippen LogP contribution in [0, 0.1) is 0 Å². The molecule has 0 saturated heterocycles. The average molecular weight is 376 g/mol. The van der Waals surface area contributed by atoms with Crippen LogP contribution in [0.1, 0.15) is 17.9 Å². The molecule has 0 spiro atoms. The van der Waals surface area contributed by atoms with Crippen molar-refractivity contribution in [3.63, 3.8) is 0 Å². The number of nitrogens with one attached hydrogen (secondary N) is 2. The van der Waals surface area contributed by atoms with Gasteiger partial charge in [-0.3, -0.25) is 4.79 Å². The van der Waals surface area contributed by atoms with Gasteiger partial charge in [0, 0.05) is 10.6 Å². The number of thioether (sulfide) groups is 1.